The Kier molecular flexibility index (Phi) is 3.80. The molecule has 1 aliphatic rings. The van der Waals surface area contributed by atoms with Gasteiger partial charge in [0.25, 0.3) is 0 Å². The van der Waals surface area contributed by atoms with Crippen molar-refractivity contribution in [1.29, 1.82) is 0 Å². The maximum absolute atomic E-state index is 11.8. The van der Waals surface area contributed by atoms with Crippen LogP contribution in [0.25, 0.3) is 0 Å². The highest BCUT2D eigenvalue weighted by atomic mass is 16.6. The molecule has 5 nitrogen and oxygen atoms in total. The largest absolute Gasteiger partial charge is 0.488 e. The van der Waals surface area contributed by atoms with Gasteiger partial charge in [0.2, 0.25) is 0 Å². The summed E-state index contributed by atoms with van der Waals surface area (Å²) in [7, 11) is -1.47. The quantitative estimate of drug-likeness (QED) is 0.717. The van der Waals surface area contributed by atoms with Gasteiger partial charge in [0.1, 0.15) is 5.60 Å². The molecule has 108 valence electrons. The number of hydrogen-bond acceptors (Lipinski definition) is 4. The first-order chi connectivity index (χ1) is 9.22. The Bertz CT molecular complexity index is 489. The smallest absolute Gasteiger partial charge is 0.444 e. The van der Waals surface area contributed by atoms with Crippen LogP contribution >= 0.6 is 0 Å². The molecule has 0 aliphatic heterocycles. The minimum atomic E-state index is -1.47. The molecule has 0 bridgehead atoms. The van der Waals surface area contributed by atoms with Gasteiger partial charge in [-0.2, -0.15) is 0 Å². The topological polar surface area (TPSA) is 78.8 Å². The van der Waals surface area contributed by atoms with Gasteiger partial charge in [0, 0.05) is 0 Å². The summed E-state index contributed by atoms with van der Waals surface area (Å²) in [6, 6.07) is 6.91. The van der Waals surface area contributed by atoms with Crippen molar-refractivity contribution in [2.24, 2.45) is 0 Å². The predicted octanol–water partition coefficient (Wildman–Crippen LogP) is 0.880. The lowest BCUT2D eigenvalue weighted by atomic mass is 9.79. The van der Waals surface area contributed by atoms with Crippen LogP contribution in [0.1, 0.15) is 39.2 Å². The fourth-order valence-electron chi connectivity index (χ4n) is 2.08. The molecule has 0 saturated heterocycles. The molecule has 20 heavy (non-hydrogen) atoms. The molecule has 0 heterocycles. The molecule has 0 aromatic heterocycles. The second kappa shape index (κ2) is 5.11. The molecule has 6 heteroatoms. The van der Waals surface area contributed by atoms with E-state index in [1.165, 1.54) is 0 Å². The van der Waals surface area contributed by atoms with E-state index in [9.17, 15) is 4.79 Å². The number of rotatable bonds is 3. The van der Waals surface area contributed by atoms with E-state index in [1.807, 2.05) is 20.8 Å². The standard InChI is InChI=1S/C14H20BNO4/c1-13(2,3)20-12(17)16-14(8-9-14)10-4-6-11(7-5-10)15(18)19/h4-7,18-19H,8-9H2,1-3H3,(H,16,17). The minimum Gasteiger partial charge on any atom is -0.444 e. The van der Waals surface area contributed by atoms with E-state index < -0.39 is 18.8 Å². The van der Waals surface area contributed by atoms with Crippen molar-refractivity contribution in [3.63, 3.8) is 0 Å². The average Bonchev–Trinajstić information content (AvgIpc) is 3.07. The van der Waals surface area contributed by atoms with Crippen LogP contribution in [-0.2, 0) is 10.3 Å². The first kappa shape index (κ1) is 14.9. The number of nitrogens with one attached hydrogen (secondary N) is 1. The van der Waals surface area contributed by atoms with E-state index in [0.29, 0.717) is 5.46 Å². The number of hydrogen-bond donors (Lipinski definition) is 3. The van der Waals surface area contributed by atoms with Gasteiger partial charge in [-0.3, -0.25) is 0 Å². The van der Waals surface area contributed by atoms with Crippen LogP contribution in [0.4, 0.5) is 4.79 Å². The Morgan fingerprint density at radius 1 is 1.25 bits per heavy atom. The molecule has 0 unspecified atom stereocenters. The van der Waals surface area contributed by atoms with Crippen molar-refractivity contribution in [3.8, 4) is 0 Å². The Labute approximate surface area is 119 Å². The van der Waals surface area contributed by atoms with E-state index in [1.54, 1.807) is 24.3 Å². The number of ether oxygens (including phenoxy) is 1. The van der Waals surface area contributed by atoms with Crippen LogP contribution in [0.15, 0.2) is 24.3 Å². The Balaban J connectivity index is 2.06. The van der Waals surface area contributed by atoms with Gasteiger partial charge in [-0.1, -0.05) is 24.3 Å². The van der Waals surface area contributed by atoms with Crippen LogP contribution < -0.4 is 10.8 Å². The molecule has 0 spiro atoms. The van der Waals surface area contributed by atoms with Crippen molar-refractivity contribution >= 4 is 18.7 Å². The fourth-order valence-corrected chi connectivity index (χ4v) is 2.08. The van der Waals surface area contributed by atoms with E-state index in [0.717, 1.165) is 18.4 Å². The highest BCUT2D eigenvalue weighted by Crippen LogP contribution is 2.45. The number of carbonyl (C=O) groups is 1. The third kappa shape index (κ3) is 3.52. The molecule has 1 aromatic rings. The summed E-state index contributed by atoms with van der Waals surface area (Å²) in [4.78, 5) is 11.8. The third-order valence-electron chi connectivity index (χ3n) is 3.25. The predicted molar refractivity (Wildman–Crippen MR) is 76.5 cm³/mol. The van der Waals surface area contributed by atoms with Crippen LogP contribution in [0.2, 0.25) is 0 Å². The van der Waals surface area contributed by atoms with Gasteiger partial charge < -0.3 is 20.1 Å². The van der Waals surface area contributed by atoms with Crippen LogP contribution in [0, 0.1) is 0 Å². The maximum atomic E-state index is 11.8. The van der Waals surface area contributed by atoms with Crippen molar-refractivity contribution in [2.75, 3.05) is 0 Å². The van der Waals surface area contributed by atoms with Gasteiger partial charge in [-0.05, 0) is 44.6 Å². The molecule has 2 rings (SSSR count). The highest BCUT2D eigenvalue weighted by Gasteiger charge is 2.46. The van der Waals surface area contributed by atoms with Crippen molar-refractivity contribution < 1.29 is 19.6 Å². The zero-order valence-electron chi connectivity index (χ0n) is 12.0. The molecule has 1 saturated carbocycles. The lowest BCUT2D eigenvalue weighted by Crippen LogP contribution is -2.39. The van der Waals surface area contributed by atoms with E-state index >= 15 is 0 Å². The van der Waals surface area contributed by atoms with Crippen molar-refractivity contribution in [1.82, 2.24) is 5.32 Å². The molecule has 3 N–H and O–H groups in total. The number of amides is 1. The molecule has 1 aliphatic carbocycles. The van der Waals surface area contributed by atoms with Crippen molar-refractivity contribution in [2.45, 2.75) is 44.8 Å². The maximum Gasteiger partial charge on any atom is 0.488 e. The molecule has 1 fully saturated rings. The molecule has 0 atom stereocenters. The second-order valence-corrected chi connectivity index (χ2v) is 6.20. The second-order valence-electron chi connectivity index (χ2n) is 6.20. The number of carbonyl (C=O) groups excluding carboxylic acids is 1. The number of benzene rings is 1. The van der Waals surface area contributed by atoms with Gasteiger partial charge in [-0.25, -0.2) is 4.79 Å². The van der Waals surface area contributed by atoms with E-state index in [4.69, 9.17) is 14.8 Å². The average molecular weight is 277 g/mol. The lowest BCUT2D eigenvalue weighted by molar-refractivity contribution is 0.0495. The van der Waals surface area contributed by atoms with Crippen LogP contribution in [0.5, 0.6) is 0 Å². The molecular weight excluding hydrogens is 257 g/mol. The summed E-state index contributed by atoms with van der Waals surface area (Å²) < 4.78 is 5.27. The highest BCUT2D eigenvalue weighted by molar-refractivity contribution is 6.58. The summed E-state index contributed by atoms with van der Waals surface area (Å²) in [6.45, 7) is 5.47. The fraction of sp³-hybridized carbons (Fsp3) is 0.500. The van der Waals surface area contributed by atoms with Crippen LogP contribution in [0.3, 0.4) is 0 Å². The number of alkyl carbamates (subject to hydrolysis) is 1. The molecule has 1 aromatic carbocycles. The van der Waals surface area contributed by atoms with E-state index in [2.05, 4.69) is 5.32 Å². The summed E-state index contributed by atoms with van der Waals surface area (Å²) in [5, 5.41) is 21.0. The zero-order chi connectivity index (χ0) is 15.0. The minimum absolute atomic E-state index is 0.374. The molecule has 1 amide bonds. The molecular formula is C14H20BNO4. The van der Waals surface area contributed by atoms with Crippen molar-refractivity contribution in [3.05, 3.63) is 29.8 Å². The Hall–Kier alpha value is -1.53. The first-order valence-corrected chi connectivity index (χ1v) is 6.70. The van der Waals surface area contributed by atoms with E-state index in [-0.39, 0.29) is 5.54 Å². The lowest BCUT2D eigenvalue weighted by Gasteiger charge is -2.23. The Morgan fingerprint density at radius 2 is 1.80 bits per heavy atom. The van der Waals surface area contributed by atoms with Gasteiger partial charge >= 0.3 is 13.2 Å². The summed E-state index contributed by atoms with van der Waals surface area (Å²) in [5.41, 5.74) is 0.487. The van der Waals surface area contributed by atoms with Crippen LogP contribution in [-0.4, -0.2) is 28.9 Å². The van der Waals surface area contributed by atoms with Gasteiger partial charge in [0.05, 0.1) is 5.54 Å². The zero-order valence-corrected chi connectivity index (χ0v) is 12.0. The normalized spacial score (nSPS) is 16.4. The Morgan fingerprint density at radius 3 is 2.20 bits per heavy atom. The summed E-state index contributed by atoms with van der Waals surface area (Å²) in [6.07, 6.45) is 1.28. The monoisotopic (exact) mass is 277 g/mol. The molecule has 0 radical (unpaired) electrons. The first-order valence-electron chi connectivity index (χ1n) is 6.70. The van der Waals surface area contributed by atoms with Gasteiger partial charge in [0.15, 0.2) is 0 Å². The van der Waals surface area contributed by atoms with Gasteiger partial charge in [-0.15, -0.1) is 0 Å². The summed E-state index contributed by atoms with van der Waals surface area (Å²) in [5.74, 6) is 0. The SMILES string of the molecule is CC(C)(C)OC(=O)NC1(c2ccc(B(O)O)cc2)CC1. The third-order valence-corrected chi connectivity index (χ3v) is 3.25. The summed E-state index contributed by atoms with van der Waals surface area (Å²) >= 11 is 0.